The first-order chi connectivity index (χ1) is 14.3. The molecule has 0 aliphatic carbocycles. The van der Waals surface area contributed by atoms with Crippen molar-refractivity contribution in [2.75, 3.05) is 27.7 Å². The number of anilines is 3. The molecule has 3 aromatic rings. The summed E-state index contributed by atoms with van der Waals surface area (Å²) in [7, 11) is -3.81. The molecule has 0 aliphatic rings. The van der Waals surface area contributed by atoms with Gasteiger partial charge in [0.15, 0.2) is 11.5 Å². The van der Waals surface area contributed by atoms with E-state index in [1.54, 1.807) is 6.92 Å². The fourth-order valence-corrected chi connectivity index (χ4v) is 4.54. The number of benzene rings is 1. The number of fused-ring (bicyclic) bond motifs is 1. The molecule has 0 radical (unpaired) electrons. The summed E-state index contributed by atoms with van der Waals surface area (Å²) in [5.74, 6) is -2.95. The first-order valence-electron chi connectivity index (χ1n) is 8.91. The van der Waals surface area contributed by atoms with Crippen LogP contribution in [-0.2, 0) is 10.0 Å². The zero-order chi connectivity index (χ0) is 21.9. The van der Waals surface area contributed by atoms with Gasteiger partial charge in [-0.3, -0.25) is 9.52 Å². The summed E-state index contributed by atoms with van der Waals surface area (Å²) in [6.07, 6.45) is 1.56. The zero-order valence-corrected chi connectivity index (χ0v) is 17.6. The van der Waals surface area contributed by atoms with Gasteiger partial charge in [-0.1, -0.05) is 6.92 Å². The summed E-state index contributed by atoms with van der Waals surface area (Å²) < 4.78 is 59.4. The van der Waals surface area contributed by atoms with Crippen molar-refractivity contribution < 1.29 is 22.0 Å². The topological polar surface area (TPSA) is 126 Å². The van der Waals surface area contributed by atoms with Crippen LogP contribution in [0.3, 0.4) is 0 Å². The fraction of sp³-hybridized carbons (Fsp3) is 0.294. The quantitative estimate of drug-likeness (QED) is 0.475. The van der Waals surface area contributed by atoms with Gasteiger partial charge in [0.25, 0.3) is 5.91 Å². The van der Waals surface area contributed by atoms with E-state index in [2.05, 4.69) is 29.7 Å². The molecule has 2 heterocycles. The molecule has 0 unspecified atom stereocenters. The number of carbonyl (C=O) groups excluding carboxylic acids is 1. The second-order valence-electron chi connectivity index (χ2n) is 6.12. The summed E-state index contributed by atoms with van der Waals surface area (Å²) in [6, 6.07) is 1.80. The minimum absolute atomic E-state index is 0.132. The van der Waals surface area contributed by atoms with Gasteiger partial charge >= 0.3 is 0 Å². The highest BCUT2D eigenvalue weighted by Gasteiger charge is 2.23. The standard InChI is InChI=1S/C17H18F2N6O3S2/c1-3-7-30(27,28)25-10-6-5-9(18)12(11(10)19)23-17(26)14-13-15(29-24-14)16(20-4-2)22-8-21-13/h5-6,8,25H,3-4,7H2,1-2H3,(H,23,26)(H,20,21,22). The summed E-state index contributed by atoms with van der Waals surface area (Å²) in [5.41, 5.74) is -1.17. The molecule has 9 nitrogen and oxygen atoms in total. The lowest BCUT2D eigenvalue weighted by atomic mass is 10.2. The zero-order valence-electron chi connectivity index (χ0n) is 16.0. The highest BCUT2D eigenvalue weighted by atomic mass is 32.2. The van der Waals surface area contributed by atoms with Gasteiger partial charge in [-0.25, -0.2) is 27.2 Å². The average Bonchev–Trinajstić information content (AvgIpc) is 3.13. The van der Waals surface area contributed by atoms with E-state index < -0.39 is 38.9 Å². The van der Waals surface area contributed by atoms with E-state index in [0.717, 1.165) is 23.7 Å². The number of halogens is 2. The van der Waals surface area contributed by atoms with Gasteiger partial charge in [-0.15, -0.1) is 0 Å². The Bertz CT molecular complexity index is 1200. The summed E-state index contributed by atoms with van der Waals surface area (Å²) in [4.78, 5) is 20.8. The number of nitrogens with one attached hydrogen (secondary N) is 3. The number of carbonyl (C=O) groups is 1. The largest absolute Gasteiger partial charge is 0.369 e. The number of hydrogen-bond acceptors (Lipinski definition) is 8. The van der Waals surface area contributed by atoms with E-state index in [1.807, 2.05) is 6.92 Å². The first kappa shape index (κ1) is 21.8. The molecule has 160 valence electrons. The molecule has 0 bridgehead atoms. The van der Waals surface area contributed by atoms with Gasteiger partial charge in [0.2, 0.25) is 10.0 Å². The smallest absolute Gasteiger partial charge is 0.277 e. The average molecular weight is 457 g/mol. The molecule has 2 aromatic heterocycles. The van der Waals surface area contributed by atoms with Gasteiger partial charge in [0.1, 0.15) is 33.9 Å². The number of sulfonamides is 1. The Labute approximate surface area is 175 Å². The molecule has 0 aliphatic heterocycles. The van der Waals surface area contributed by atoms with Crippen LogP contribution in [0.25, 0.3) is 10.2 Å². The van der Waals surface area contributed by atoms with Crippen molar-refractivity contribution in [2.24, 2.45) is 0 Å². The molecule has 3 rings (SSSR count). The van der Waals surface area contributed by atoms with Crippen molar-refractivity contribution >= 4 is 54.9 Å². The Morgan fingerprint density at radius 2 is 1.97 bits per heavy atom. The molecule has 0 fully saturated rings. The van der Waals surface area contributed by atoms with Crippen LogP contribution in [0.1, 0.15) is 30.8 Å². The molecule has 13 heteroatoms. The predicted molar refractivity (Wildman–Crippen MR) is 111 cm³/mol. The van der Waals surface area contributed by atoms with Crippen molar-refractivity contribution in [3.63, 3.8) is 0 Å². The van der Waals surface area contributed by atoms with Crippen LogP contribution >= 0.6 is 11.5 Å². The number of nitrogens with zero attached hydrogens (tertiary/aromatic N) is 3. The van der Waals surface area contributed by atoms with E-state index in [9.17, 15) is 22.0 Å². The third kappa shape index (κ3) is 4.46. The van der Waals surface area contributed by atoms with Crippen molar-refractivity contribution in [2.45, 2.75) is 20.3 Å². The van der Waals surface area contributed by atoms with Crippen LogP contribution in [0, 0.1) is 11.6 Å². The predicted octanol–water partition coefficient (Wildman–Crippen LogP) is 3.20. The van der Waals surface area contributed by atoms with E-state index in [-0.39, 0.29) is 17.0 Å². The SMILES string of the molecule is CCCS(=O)(=O)Nc1ccc(F)c(NC(=O)c2nsc3c(NCC)ncnc23)c1F. The lowest BCUT2D eigenvalue weighted by molar-refractivity contribution is 0.102. The van der Waals surface area contributed by atoms with Gasteiger partial charge < -0.3 is 10.6 Å². The minimum Gasteiger partial charge on any atom is -0.369 e. The Hall–Kier alpha value is -2.93. The third-order valence-electron chi connectivity index (χ3n) is 3.88. The number of hydrogen-bond donors (Lipinski definition) is 3. The Morgan fingerprint density at radius 1 is 1.20 bits per heavy atom. The van der Waals surface area contributed by atoms with E-state index in [0.29, 0.717) is 23.5 Å². The van der Waals surface area contributed by atoms with Crippen LogP contribution < -0.4 is 15.4 Å². The van der Waals surface area contributed by atoms with Crippen LogP contribution in [0.4, 0.5) is 26.0 Å². The molecule has 0 spiro atoms. The number of amides is 1. The van der Waals surface area contributed by atoms with Crippen LogP contribution in [0.2, 0.25) is 0 Å². The molecule has 3 N–H and O–H groups in total. The van der Waals surface area contributed by atoms with Gasteiger partial charge in [-0.2, -0.15) is 4.37 Å². The van der Waals surface area contributed by atoms with Gasteiger partial charge in [0, 0.05) is 6.54 Å². The molecule has 1 amide bonds. The molecule has 30 heavy (non-hydrogen) atoms. The minimum atomic E-state index is -3.81. The van der Waals surface area contributed by atoms with E-state index >= 15 is 0 Å². The lowest BCUT2D eigenvalue weighted by Gasteiger charge is -2.12. The van der Waals surface area contributed by atoms with Crippen molar-refractivity contribution in [1.82, 2.24) is 14.3 Å². The summed E-state index contributed by atoms with van der Waals surface area (Å²) in [6.45, 7) is 4.10. The van der Waals surface area contributed by atoms with E-state index in [1.165, 1.54) is 6.33 Å². The van der Waals surface area contributed by atoms with Crippen molar-refractivity contribution in [3.8, 4) is 0 Å². The van der Waals surface area contributed by atoms with Crippen LogP contribution in [0.5, 0.6) is 0 Å². The lowest BCUT2D eigenvalue weighted by Crippen LogP contribution is -2.19. The normalized spacial score (nSPS) is 11.5. The third-order valence-corrected chi connectivity index (χ3v) is 6.20. The maximum absolute atomic E-state index is 14.7. The molecule has 0 saturated carbocycles. The fourth-order valence-electron chi connectivity index (χ4n) is 2.61. The Morgan fingerprint density at radius 3 is 2.67 bits per heavy atom. The highest BCUT2D eigenvalue weighted by Crippen LogP contribution is 2.30. The molecule has 0 saturated heterocycles. The molecule has 1 aromatic carbocycles. The van der Waals surface area contributed by atoms with Gasteiger partial charge in [0.05, 0.1) is 11.4 Å². The number of aromatic nitrogens is 3. The van der Waals surface area contributed by atoms with Crippen LogP contribution in [0.15, 0.2) is 18.5 Å². The molecular weight excluding hydrogens is 438 g/mol. The molecule has 0 atom stereocenters. The summed E-state index contributed by atoms with van der Waals surface area (Å²) in [5, 5.41) is 5.13. The van der Waals surface area contributed by atoms with E-state index in [4.69, 9.17) is 0 Å². The second kappa shape index (κ2) is 8.83. The highest BCUT2D eigenvalue weighted by molar-refractivity contribution is 7.92. The van der Waals surface area contributed by atoms with Crippen molar-refractivity contribution in [3.05, 3.63) is 35.8 Å². The molecular formula is C17H18F2N6O3S2. The Kier molecular flexibility index (Phi) is 6.41. The Balaban J connectivity index is 1.93. The van der Waals surface area contributed by atoms with Crippen LogP contribution in [-0.4, -0.2) is 41.0 Å². The number of rotatable bonds is 8. The summed E-state index contributed by atoms with van der Waals surface area (Å²) >= 11 is 0.967. The second-order valence-corrected chi connectivity index (χ2v) is 8.74. The maximum atomic E-state index is 14.7. The monoisotopic (exact) mass is 456 g/mol. The van der Waals surface area contributed by atoms with Gasteiger partial charge in [-0.05, 0) is 37.0 Å². The van der Waals surface area contributed by atoms with Crippen molar-refractivity contribution in [1.29, 1.82) is 0 Å². The maximum Gasteiger partial charge on any atom is 0.277 e. The first-order valence-corrected chi connectivity index (χ1v) is 11.3.